The van der Waals surface area contributed by atoms with Gasteiger partial charge in [0, 0.05) is 17.3 Å². The van der Waals surface area contributed by atoms with Crippen LogP contribution in [0, 0.1) is 13.8 Å². The van der Waals surface area contributed by atoms with E-state index in [0.717, 1.165) is 15.4 Å². The topological polar surface area (TPSA) is 75.7 Å². The molecule has 0 aliphatic rings. The summed E-state index contributed by atoms with van der Waals surface area (Å²) < 4.78 is 33.1. The highest BCUT2D eigenvalue weighted by atomic mass is 35.5. The number of carbonyl (C=O) groups excluding carboxylic acids is 1. The van der Waals surface area contributed by atoms with Gasteiger partial charge in [0.25, 0.3) is 0 Å². The van der Waals surface area contributed by atoms with Gasteiger partial charge in [-0.15, -0.1) is 0 Å². The van der Waals surface area contributed by atoms with Gasteiger partial charge in [0.15, 0.2) is 0 Å². The number of halogens is 1. The zero-order valence-corrected chi connectivity index (χ0v) is 19.7. The molecule has 3 rings (SSSR count). The Bertz CT molecular complexity index is 1190. The maximum absolute atomic E-state index is 13.4. The van der Waals surface area contributed by atoms with Crippen molar-refractivity contribution < 1.29 is 17.9 Å². The number of nitrogens with one attached hydrogen (secondary N) is 1. The number of carbonyl (C=O) groups is 1. The molecule has 0 saturated heterocycles. The minimum Gasteiger partial charge on any atom is -0.497 e. The van der Waals surface area contributed by atoms with E-state index >= 15 is 0 Å². The van der Waals surface area contributed by atoms with Crippen LogP contribution in [0.25, 0.3) is 0 Å². The number of amides is 1. The fourth-order valence-electron chi connectivity index (χ4n) is 3.11. The number of benzene rings is 3. The second-order valence-electron chi connectivity index (χ2n) is 7.39. The van der Waals surface area contributed by atoms with Gasteiger partial charge < -0.3 is 10.1 Å². The smallest absolute Gasteiger partial charge is 0.243 e. The Balaban J connectivity index is 1.89. The second-order valence-corrected chi connectivity index (χ2v) is 9.74. The lowest BCUT2D eigenvalue weighted by atomic mass is 10.2. The lowest BCUT2D eigenvalue weighted by molar-refractivity contribution is -0.116. The molecule has 6 nitrogen and oxygen atoms in total. The first-order chi connectivity index (χ1) is 15.2. The molecular formula is C24H25ClN2O4S. The van der Waals surface area contributed by atoms with Crippen molar-refractivity contribution >= 4 is 33.2 Å². The van der Waals surface area contributed by atoms with Crippen molar-refractivity contribution in [1.82, 2.24) is 4.31 Å². The summed E-state index contributed by atoms with van der Waals surface area (Å²) in [5.41, 5.74) is 2.93. The number of aryl methyl sites for hydroxylation is 1. The molecule has 0 fully saturated rings. The zero-order valence-electron chi connectivity index (χ0n) is 18.1. The fraction of sp³-hybridized carbons (Fsp3) is 0.208. The highest BCUT2D eigenvalue weighted by Gasteiger charge is 2.27. The first-order valence-corrected chi connectivity index (χ1v) is 11.8. The summed E-state index contributed by atoms with van der Waals surface area (Å²) in [5.74, 6) is 0.204. The molecule has 0 heterocycles. The number of sulfonamides is 1. The van der Waals surface area contributed by atoms with Gasteiger partial charge in [-0.1, -0.05) is 47.5 Å². The van der Waals surface area contributed by atoms with Crippen molar-refractivity contribution in [3.05, 3.63) is 88.4 Å². The molecular weight excluding hydrogens is 448 g/mol. The molecule has 0 unspecified atom stereocenters. The minimum atomic E-state index is -3.92. The number of ether oxygens (including phenoxy) is 1. The molecule has 1 N–H and O–H groups in total. The van der Waals surface area contributed by atoms with E-state index in [1.807, 2.05) is 6.92 Å². The van der Waals surface area contributed by atoms with Gasteiger partial charge in [-0.25, -0.2) is 8.42 Å². The summed E-state index contributed by atoms with van der Waals surface area (Å²) >= 11 is 6.13. The summed E-state index contributed by atoms with van der Waals surface area (Å²) in [7, 11) is -2.36. The Morgan fingerprint density at radius 1 is 1.00 bits per heavy atom. The highest BCUT2D eigenvalue weighted by molar-refractivity contribution is 7.89. The number of methoxy groups -OCH3 is 1. The number of hydrogen-bond acceptors (Lipinski definition) is 4. The molecule has 1 amide bonds. The summed E-state index contributed by atoms with van der Waals surface area (Å²) in [6, 6.07) is 18.8. The summed E-state index contributed by atoms with van der Waals surface area (Å²) in [6.45, 7) is 3.35. The highest BCUT2D eigenvalue weighted by Crippen LogP contribution is 2.24. The van der Waals surface area contributed by atoms with Gasteiger partial charge in [-0.3, -0.25) is 4.79 Å². The minimum absolute atomic E-state index is 0.0299. The number of hydrogen-bond donors (Lipinski definition) is 1. The molecule has 3 aromatic rings. The van der Waals surface area contributed by atoms with Gasteiger partial charge in [0.05, 0.1) is 18.6 Å². The lowest BCUT2D eigenvalue weighted by Gasteiger charge is -2.22. The van der Waals surface area contributed by atoms with E-state index in [9.17, 15) is 13.2 Å². The maximum atomic E-state index is 13.4. The van der Waals surface area contributed by atoms with Crippen molar-refractivity contribution in [3.63, 3.8) is 0 Å². The average molecular weight is 473 g/mol. The summed E-state index contributed by atoms with van der Waals surface area (Å²) in [4.78, 5) is 13.0. The van der Waals surface area contributed by atoms with E-state index in [-0.39, 0.29) is 18.0 Å². The van der Waals surface area contributed by atoms with Crippen molar-refractivity contribution in [1.29, 1.82) is 0 Å². The lowest BCUT2D eigenvalue weighted by Crippen LogP contribution is -2.37. The first-order valence-electron chi connectivity index (χ1n) is 9.95. The van der Waals surface area contributed by atoms with Crippen molar-refractivity contribution in [2.24, 2.45) is 0 Å². The van der Waals surface area contributed by atoms with Crippen LogP contribution in [-0.4, -0.2) is 32.3 Å². The normalized spacial score (nSPS) is 11.4. The zero-order chi connectivity index (χ0) is 23.3. The Morgan fingerprint density at radius 2 is 1.66 bits per heavy atom. The molecule has 168 valence electrons. The quantitative estimate of drug-likeness (QED) is 0.511. The van der Waals surface area contributed by atoms with Crippen LogP contribution in [0.15, 0.2) is 71.6 Å². The third-order valence-corrected chi connectivity index (χ3v) is 7.25. The van der Waals surface area contributed by atoms with E-state index in [1.54, 1.807) is 80.8 Å². The van der Waals surface area contributed by atoms with Gasteiger partial charge in [-0.05, 0) is 61.4 Å². The summed E-state index contributed by atoms with van der Waals surface area (Å²) in [6.07, 6.45) is 0. The molecule has 0 aromatic heterocycles. The Morgan fingerprint density at radius 3 is 2.28 bits per heavy atom. The predicted molar refractivity (Wildman–Crippen MR) is 127 cm³/mol. The van der Waals surface area contributed by atoms with Crippen molar-refractivity contribution in [2.45, 2.75) is 25.3 Å². The molecule has 0 aliphatic heterocycles. The molecule has 8 heteroatoms. The third-order valence-electron chi connectivity index (χ3n) is 5.04. The van der Waals surface area contributed by atoms with E-state index in [1.165, 1.54) is 0 Å². The van der Waals surface area contributed by atoms with Crippen LogP contribution in [0.3, 0.4) is 0 Å². The monoisotopic (exact) mass is 472 g/mol. The molecule has 0 aliphatic carbocycles. The van der Waals surface area contributed by atoms with Crippen molar-refractivity contribution in [2.75, 3.05) is 19.0 Å². The Hall–Kier alpha value is -2.87. The van der Waals surface area contributed by atoms with Gasteiger partial charge >= 0.3 is 0 Å². The molecule has 32 heavy (non-hydrogen) atoms. The van der Waals surface area contributed by atoms with E-state index < -0.39 is 15.9 Å². The van der Waals surface area contributed by atoms with Crippen LogP contribution >= 0.6 is 11.6 Å². The van der Waals surface area contributed by atoms with Crippen LogP contribution in [0.2, 0.25) is 5.02 Å². The largest absolute Gasteiger partial charge is 0.497 e. The van der Waals surface area contributed by atoms with Crippen LogP contribution in [0.4, 0.5) is 5.69 Å². The molecule has 0 spiro atoms. The Kier molecular flexibility index (Phi) is 7.56. The molecule has 0 saturated carbocycles. The van der Waals surface area contributed by atoms with Crippen LogP contribution in [0.1, 0.15) is 16.7 Å². The van der Waals surface area contributed by atoms with E-state index in [2.05, 4.69) is 5.32 Å². The number of rotatable bonds is 8. The molecule has 0 bridgehead atoms. The van der Waals surface area contributed by atoms with Gasteiger partial charge in [-0.2, -0.15) is 4.31 Å². The molecule has 3 aromatic carbocycles. The molecule has 0 radical (unpaired) electrons. The standard InChI is InChI=1S/C24H25ClN2O4S/c1-17-7-13-21(14-8-17)32(29,30)27(15-19-9-11-20(31-3)12-10-19)16-24(28)26-23-6-4-5-22(25)18(23)2/h4-14H,15-16H2,1-3H3,(H,26,28). The van der Waals surface area contributed by atoms with Crippen molar-refractivity contribution in [3.8, 4) is 5.75 Å². The summed E-state index contributed by atoms with van der Waals surface area (Å²) in [5, 5.41) is 3.29. The third kappa shape index (κ3) is 5.68. The van der Waals surface area contributed by atoms with Gasteiger partial charge in [0.1, 0.15) is 5.75 Å². The SMILES string of the molecule is COc1ccc(CN(CC(=O)Nc2cccc(Cl)c2C)S(=O)(=O)c2ccc(C)cc2)cc1. The van der Waals surface area contributed by atoms with Crippen LogP contribution in [-0.2, 0) is 21.4 Å². The number of anilines is 1. The number of nitrogens with zero attached hydrogens (tertiary/aromatic N) is 1. The first kappa shape index (κ1) is 23.8. The van der Waals surface area contributed by atoms with E-state index in [4.69, 9.17) is 16.3 Å². The van der Waals surface area contributed by atoms with Crippen LogP contribution in [0.5, 0.6) is 5.75 Å². The average Bonchev–Trinajstić information content (AvgIpc) is 2.77. The fourth-order valence-corrected chi connectivity index (χ4v) is 4.67. The maximum Gasteiger partial charge on any atom is 0.243 e. The Labute approximate surface area is 193 Å². The predicted octanol–water partition coefficient (Wildman–Crippen LogP) is 4.80. The van der Waals surface area contributed by atoms with Crippen LogP contribution < -0.4 is 10.1 Å². The van der Waals surface area contributed by atoms with Gasteiger partial charge in [0.2, 0.25) is 15.9 Å². The van der Waals surface area contributed by atoms with E-state index in [0.29, 0.717) is 22.0 Å². The second kappa shape index (κ2) is 10.2. The molecule has 0 atom stereocenters.